The van der Waals surface area contributed by atoms with Gasteiger partial charge in [0.25, 0.3) is 0 Å². The predicted octanol–water partition coefficient (Wildman–Crippen LogP) is 2.66. The number of nitrogens with zero attached hydrogens (tertiary/aromatic N) is 1. The number of hydrogen-bond donors (Lipinski definition) is 0. The number of halogens is 1. The maximum absolute atomic E-state index is 10.9. The summed E-state index contributed by atoms with van der Waals surface area (Å²) < 4.78 is 5.26. The Balaban J connectivity index is 0.000000671. The molecule has 0 N–H and O–H groups in total. The van der Waals surface area contributed by atoms with Gasteiger partial charge in [-0.25, -0.2) is 4.79 Å². The fourth-order valence-electron chi connectivity index (χ4n) is 0.641. The van der Waals surface area contributed by atoms with Gasteiger partial charge in [-0.05, 0) is 22.0 Å². The molecule has 1 aromatic heterocycles. The van der Waals surface area contributed by atoms with Crippen LogP contribution in [0.25, 0.3) is 0 Å². The van der Waals surface area contributed by atoms with E-state index in [-0.39, 0.29) is 5.97 Å². The van der Waals surface area contributed by atoms with E-state index in [4.69, 9.17) is 0 Å². The lowest BCUT2D eigenvalue weighted by Crippen LogP contribution is -2.01. The molecule has 0 fully saturated rings. The van der Waals surface area contributed by atoms with E-state index in [9.17, 15) is 4.79 Å². The molecule has 0 unspecified atom stereocenters. The molecule has 0 radical (unpaired) electrons. The van der Waals surface area contributed by atoms with Crippen molar-refractivity contribution in [1.82, 2.24) is 4.98 Å². The molecule has 0 aliphatic carbocycles. The standard InChI is InChI=1S/C7H6BrNO2.C2H6/c1-11-7(10)5-2-6(8)4-9-3-5;1-2/h2-4H,1H3;1-2H3. The first kappa shape index (κ1) is 12.1. The second-order valence-corrected chi connectivity index (χ2v) is 2.80. The highest BCUT2D eigenvalue weighted by Gasteiger charge is 2.04. The Kier molecular flexibility index (Phi) is 6.14. The van der Waals surface area contributed by atoms with Crippen molar-refractivity contribution < 1.29 is 9.53 Å². The molecule has 0 spiro atoms. The molecule has 0 atom stereocenters. The number of carbonyl (C=O) groups is 1. The minimum Gasteiger partial charge on any atom is -0.465 e. The molecule has 0 bridgehead atoms. The molecule has 1 heterocycles. The summed E-state index contributed by atoms with van der Waals surface area (Å²) in [5.41, 5.74) is 0.446. The summed E-state index contributed by atoms with van der Waals surface area (Å²) in [5.74, 6) is -0.376. The van der Waals surface area contributed by atoms with E-state index in [2.05, 4.69) is 25.7 Å². The van der Waals surface area contributed by atoms with Gasteiger partial charge in [0.1, 0.15) is 0 Å². The number of esters is 1. The van der Waals surface area contributed by atoms with Crippen molar-refractivity contribution in [3.63, 3.8) is 0 Å². The summed E-state index contributed by atoms with van der Waals surface area (Å²) in [6.45, 7) is 4.00. The lowest BCUT2D eigenvalue weighted by Gasteiger charge is -1.97. The molecule has 0 saturated carbocycles. The van der Waals surface area contributed by atoms with Crippen molar-refractivity contribution in [2.75, 3.05) is 7.11 Å². The summed E-state index contributed by atoms with van der Waals surface area (Å²) in [5, 5.41) is 0. The van der Waals surface area contributed by atoms with Gasteiger partial charge < -0.3 is 4.74 Å². The third-order valence-electron chi connectivity index (χ3n) is 1.13. The van der Waals surface area contributed by atoms with Crippen LogP contribution in [0.5, 0.6) is 0 Å². The number of methoxy groups -OCH3 is 1. The first-order chi connectivity index (χ1) is 6.24. The SMILES string of the molecule is CC.COC(=O)c1cncc(Br)c1. The van der Waals surface area contributed by atoms with Crippen molar-refractivity contribution in [3.8, 4) is 0 Å². The van der Waals surface area contributed by atoms with Gasteiger partial charge in [0.2, 0.25) is 0 Å². The quantitative estimate of drug-likeness (QED) is 0.715. The number of pyridine rings is 1. The number of hydrogen-bond acceptors (Lipinski definition) is 3. The molecule has 4 heteroatoms. The van der Waals surface area contributed by atoms with Gasteiger partial charge in [-0.2, -0.15) is 0 Å². The van der Waals surface area contributed by atoms with Crippen molar-refractivity contribution in [2.45, 2.75) is 13.8 Å². The maximum Gasteiger partial charge on any atom is 0.339 e. The number of rotatable bonds is 1. The molecule has 0 aromatic carbocycles. The summed E-state index contributed by atoms with van der Waals surface area (Å²) in [7, 11) is 1.34. The normalized spacial score (nSPS) is 8.31. The van der Waals surface area contributed by atoms with Crippen LogP contribution in [0.4, 0.5) is 0 Å². The Bertz CT molecular complexity index is 276. The second kappa shape index (κ2) is 6.60. The maximum atomic E-state index is 10.9. The van der Waals surface area contributed by atoms with Gasteiger partial charge in [0, 0.05) is 16.9 Å². The zero-order valence-corrected chi connectivity index (χ0v) is 9.46. The molecule has 3 nitrogen and oxygen atoms in total. The van der Waals surface area contributed by atoms with Gasteiger partial charge in [-0.1, -0.05) is 13.8 Å². The smallest absolute Gasteiger partial charge is 0.339 e. The molecule has 0 amide bonds. The van der Waals surface area contributed by atoms with Crippen molar-refractivity contribution in [2.24, 2.45) is 0 Å². The second-order valence-electron chi connectivity index (χ2n) is 1.88. The predicted molar refractivity (Wildman–Crippen MR) is 54.6 cm³/mol. The number of carbonyl (C=O) groups excluding carboxylic acids is 1. The van der Waals surface area contributed by atoms with Gasteiger partial charge in [0.15, 0.2) is 0 Å². The highest BCUT2D eigenvalue weighted by molar-refractivity contribution is 9.10. The Morgan fingerprint density at radius 3 is 2.54 bits per heavy atom. The van der Waals surface area contributed by atoms with E-state index >= 15 is 0 Å². The zero-order valence-electron chi connectivity index (χ0n) is 7.87. The fraction of sp³-hybridized carbons (Fsp3) is 0.333. The van der Waals surface area contributed by atoms with E-state index in [1.807, 2.05) is 13.8 Å². The Hall–Kier alpha value is -0.900. The molecule has 13 heavy (non-hydrogen) atoms. The van der Waals surface area contributed by atoms with Crippen LogP contribution in [0.15, 0.2) is 22.9 Å². The minimum absolute atomic E-state index is 0.376. The monoisotopic (exact) mass is 245 g/mol. The van der Waals surface area contributed by atoms with Gasteiger partial charge >= 0.3 is 5.97 Å². The van der Waals surface area contributed by atoms with E-state index in [0.29, 0.717) is 5.56 Å². The Morgan fingerprint density at radius 2 is 2.08 bits per heavy atom. The van der Waals surface area contributed by atoms with Crippen LogP contribution in [0, 0.1) is 0 Å². The number of ether oxygens (including phenoxy) is 1. The van der Waals surface area contributed by atoms with Gasteiger partial charge in [-0.15, -0.1) is 0 Å². The molecule has 0 aliphatic rings. The van der Waals surface area contributed by atoms with Gasteiger partial charge in [-0.3, -0.25) is 4.98 Å². The topological polar surface area (TPSA) is 39.2 Å². The van der Waals surface area contributed by atoms with E-state index in [0.717, 1.165) is 4.47 Å². The fourth-order valence-corrected chi connectivity index (χ4v) is 1.01. The van der Waals surface area contributed by atoms with E-state index in [1.54, 1.807) is 12.3 Å². The minimum atomic E-state index is -0.376. The Labute approximate surface area is 86.3 Å². The largest absolute Gasteiger partial charge is 0.465 e. The van der Waals surface area contributed by atoms with Gasteiger partial charge in [0.05, 0.1) is 12.7 Å². The summed E-state index contributed by atoms with van der Waals surface area (Å²) >= 11 is 3.19. The first-order valence-electron chi connectivity index (χ1n) is 3.93. The third kappa shape index (κ3) is 4.03. The highest BCUT2D eigenvalue weighted by Crippen LogP contribution is 2.09. The van der Waals surface area contributed by atoms with Crippen LogP contribution in [0.3, 0.4) is 0 Å². The molecule has 1 aromatic rings. The Morgan fingerprint density at radius 1 is 1.46 bits per heavy atom. The summed E-state index contributed by atoms with van der Waals surface area (Å²) in [6.07, 6.45) is 3.06. The lowest BCUT2D eigenvalue weighted by molar-refractivity contribution is 0.0600. The van der Waals surface area contributed by atoms with Crippen LogP contribution in [-0.2, 0) is 4.74 Å². The molecular formula is C9H12BrNO2. The summed E-state index contributed by atoms with van der Waals surface area (Å²) in [6, 6.07) is 1.65. The van der Waals surface area contributed by atoms with E-state index in [1.165, 1.54) is 13.3 Å². The van der Waals surface area contributed by atoms with Crippen LogP contribution in [0.2, 0.25) is 0 Å². The van der Waals surface area contributed by atoms with E-state index < -0.39 is 0 Å². The summed E-state index contributed by atoms with van der Waals surface area (Å²) in [4.78, 5) is 14.7. The highest BCUT2D eigenvalue weighted by atomic mass is 79.9. The van der Waals surface area contributed by atoms with Crippen LogP contribution >= 0.6 is 15.9 Å². The first-order valence-corrected chi connectivity index (χ1v) is 4.72. The van der Waals surface area contributed by atoms with Crippen molar-refractivity contribution in [1.29, 1.82) is 0 Å². The molecule has 0 aliphatic heterocycles. The van der Waals surface area contributed by atoms with Crippen LogP contribution in [0.1, 0.15) is 24.2 Å². The molecule has 1 rings (SSSR count). The molecule has 72 valence electrons. The molecular weight excluding hydrogens is 234 g/mol. The molecule has 0 saturated heterocycles. The zero-order chi connectivity index (χ0) is 10.3. The van der Waals surface area contributed by atoms with Crippen molar-refractivity contribution in [3.05, 3.63) is 28.5 Å². The lowest BCUT2D eigenvalue weighted by atomic mass is 10.3. The van der Waals surface area contributed by atoms with Crippen molar-refractivity contribution >= 4 is 21.9 Å². The average Bonchev–Trinajstić information content (AvgIpc) is 2.20. The van der Waals surface area contributed by atoms with Crippen LogP contribution in [-0.4, -0.2) is 18.1 Å². The van der Waals surface area contributed by atoms with Crippen LogP contribution < -0.4 is 0 Å². The average molecular weight is 246 g/mol. The number of aromatic nitrogens is 1. The third-order valence-corrected chi connectivity index (χ3v) is 1.56.